The lowest BCUT2D eigenvalue weighted by molar-refractivity contribution is 0.304. The zero-order chi connectivity index (χ0) is 14.4. The summed E-state index contributed by atoms with van der Waals surface area (Å²) in [5.74, 6) is 0.477. The average molecular weight is 304 g/mol. The number of aliphatic imine (C=N–C) groups is 1. The maximum Gasteiger partial charge on any atom is 0.168 e. The molecule has 1 saturated carbocycles. The number of halogens is 1. The van der Waals surface area contributed by atoms with Crippen LogP contribution in [0.15, 0.2) is 28.6 Å². The third-order valence-electron chi connectivity index (χ3n) is 4.48. The van der Waals surface area contributed by atoms with Gasteiger partial charge < -0.3 is 9.64 Å². The molecule has 1 fully saturated rings. The maximum atomic E-state index is 13.7. The Bertz CT molecular complexity index is 643. The standard InChI is InChI=1S/C16H17FN2OS/c1-20-15-7-6-10(17)8-11(15)14-9-21-16-18-12-4-2-3-5-13(12)19(14)16/h6-9,12-13H,2-5H2,1H3/t12-,13-/m0/s1. The first-order valence-corrected chi connectivity index (χ1v) is 8.23. The van der Waals surface area contributed by atoms with Gasteiger partial charge in [0.2, 0.25) is 0 Å². The fourth-order valence-corrected chi connectivity index (χ4v) is 4.50. The summed E-state index contributed by atoms with van der Waals surface area (Å²) in [6.07, 6.45) is 4.84. The molecule has 3 nitrogen and oxygen atoms in total. The van der Waals surface area contributed by atoms with E-state index in [4.69, 9.17) is 9.73 Å². The highest BCUT2D eigenvalue weighted by atomic mass is 32.2. The number of methoxy groups -OCH3 is 1. The van der Waals surface area contributed by atoms with Crippen LogP contribution in [0.2, 0.25) is 0 Å². The number of rotatable bonds is 2. The van der Waals surface area contributed by atoms with Crippen LogP contribution in [0.3, 0.4) is 0 Å². The SMILES string of the molecule is COc1ccc(F)cc1C1=CSC2=N[C@H]3CCCC[C@@H]3N12. The first-order chi connectivity index (χ1) is 10.3. The molecule has 1 aromatic rings. The molecule has 4 rings (SSSR count). The van der Waals surface area contributed by atoms with Crippen LogP contribution in [-0.4, -0.2) is 29.3 Å². The van der Waals surface area contributed by atoms with Crippen molar-refractivity contribution in [3.8, 4) is 5.75 Å². The molecule has 0 spiro atoms. The second-order valence-electron chi connectivity index (χ2n) is 5.67. The van der Waals surface area contributed by atoms with Crippen molar-refractivity contribution in [2.45, 2.75) is 37.8 Å². The van der Waals surface area contributed by atoms with Gasteiger partial charge in [0, 0.05) is 11.0 Å². The van der Waals surface area contributed by atoms with Gasteiger partial charge in [0.05, 0.1) is 24.9 Å². The van der Waals surface area contributed by atoms with Crippen molar-refractivity contribution in [2.75, 3.05) is 7.11 Å². The molecule has 0 amide bonds. The summed E-state index contributed by atoms with van der Waals surface area (Å²) in [6.45, 7) is 0. The summed E-state index contributed by atoms with van der Waals surface area (Å²) in [5, 5.41) is 3.13. The summed E-state index contributed by atoms with van der Waals surface area (Å²) in [7, 11) is 1.63. The van der Waals surface area contributed by atoms with E-state index in [1.54, 1.807) is 31.0 Å². The largest absolute Gasteiger partial charge is 0.496 e. The van der Waals surface area contributed by atoms with E-state index in [0.717, 1.165) is 22.8 Å². The van der Waals surface area contributed by atoms with Gasteiger partial charge in [-0.15, -0.1) is 0 Å². The van der Waals surface area contributed by atoms with Crippen molar-refractivity contribution in [2.24, 2.45) is 4.99 Å². The van der Waals surface area contributed by atoms with Crippen LogP contribution < -0.4 is 4.74 Å². The minimum Gasteiger partial charge on any atom is -0.496 e. The molecule has 5 heteroatoms. The van der Waals surface area contributed by atoms with Crippen molar-refractivity contribution >= 4 is 22.6 Å². The molecule has 21 heavy (non-hydrogen) atoms. The molecule has 0 unspecified atom stereocenters. The van der Waals surface area contributed by atoms with E-state index in [0.29, 0.717) is 17.8 Å². The van der Waals surface area contributed by atoms with Crippen molar-refractivity contribution in [1.29, 1.82) is 0 Å². The summed E-state index contributed by atoms with van der Waals surface area (Å²) in [4.78, 5) is 7.14. The molecule has 0 N–H and O–H groups in total. The highest BCUT2D eigenvalue weighted by molar-refractivity contribution is 8.16. The Kier molecular flexibility index (Phi) is 3.17. The summed E-state index contributed by atoms with van der Waals surface area (Å²) >= 11 is 1.64. The zero-order valence-electron chi connectivity index (χ0n) is 11.9. The molecule has 3 aliphatic rings. The van der Waals surface area contributed by atoms with Gasteiger partial charge >= 0.3 is 0 Å². The molecule has 2 aliphatic heterocycles. The lowest BCUT2D eigenvalue weighted by atomic mass is 9.90. The zero-order valence-corrected chi connectivity index (χ0v) is 12.7. The highest BCUT2D eigenvalue weighted by Gasteiger charge is 2.42. The van der Waals surface area contributed by atoms with E-state index < -0.39 is 0 Å². The van der Waals surface area contributed by atoms with E-state index in [-0.39, 0.29) is 5.82 Å². The van der Waals surface area contributed by atoms with Gasteiger partial charge in [-0.3, -0.25) is 4.99 Å². The van der Waals surface area contributed by atoms with Crippen LogP contribution in [0.5, 0.6) is 5.75 Å². The van der Waals surface area contributed by atoms with E-state index in [2.05, 4.69) is 10.3 Å². The lowest BCUT2D eigenvalue weighted by Gasteiger charge is -2.32. The number of fused-ring (bicyclic) bond motifs is 3. The van der Waals surface area contributed by atoms with E-state index >= 15 is 0 Å². The van der Waals surface area contributed by atoms with Gasteiger partial charge in [-0.1, -0.05) is 24.6 Å². The first-order valence-electron chi connectivity index (χ1n) is 7.35. The number of nitrogens with zero attached hydrogens (tertiary/aromatic N) is 2. The fraction of sp³-hybridized carbons (Fsp3) is 0.438. The monoisotopic (exact) mass is 304 g/mol. The lowest BCUT2D eigenvalue weighted by Crippen LogP contribution is -2.38. The minimum atomic E-state index is -0.235. The van der Waals surface area contributed by atoms with E-state index in [1.807, 2.05) is 0 Å². The van der Waals surface area contributed by atoms with E-state index in [9.17, 15) is 4.39 Å². The summed E-state index contributed by atoms with van der Waals surface area (Å²) in [5.41, 5.74) is 1.85. The number of hydrogen-bond acceptors (Lipinski definition) is 4. The number of benzene rings is 1. The molecule has 110 valence electrons. The van der Waals surface area contributed by atoms with Crippen molar-refractivity contribution in [1.82, 2.24) is 4.90 Å². The second kappa shape index (κ2) is 5.05. The third-order valence-corrected chi connectivity index (χ3v) is 5.33. The molecule has 1 aliphatic carbocycles. The van der Waals surface area contributed by atoms with Crippen LogP contribution >= 0.6 is 11.8 Å². The molecule has 1 aromatic carbocycles. The molecular weight excluding hydrogens is 287 g/mol. The van der Waals surface area contributed by atoms with Gasteiger partial charge in [0.25, 0.3) is 0 Å². The van der Waals surface area contributed by atoms with Crippen LogP contribution in [-0.2, 0) is 0 Å². The number of hydrogen-bond donors (Lipinski definition) is 0. The summed E-state index contributed by atoms with van der Waals surface area (Å²) in [6, 6.07) is 5.53. The third kappa shape index (κ3) is 2.06. The van der Waals surface area contributed by atoms with Gasteiger partial charge in [-0.25, -0.2) is 4.39 Å². The van der Waals surface area contributed by atoms with E-state index in [1.165, 1.54) is 25.3 Å². The normalized spacial score (nSPS) is 27.0. The topological polar surface area (TPSA) is 24.8 Å². The van der Waals surface area contributed by atoms with Gasteiger partial charge in [0.15, 0.2) is 5.17 Å². The Morgan fingerprint density at radius 3 is 3.05 bits per heavy atom. The Morgan fingerprint density at radius 1 is 1.33 bits per heavy atom. The molecule has 2 atom stereocenters. The van der Waals surface area contributed by atoms with Gasteiger partial charge in [0.1, 0.15) is 11.6 Å². The quantitative estimate of drug-likeness (QED) is 0.829. The summed E-state index contributed by atoms with van der Waals surface area (Å²) < 4.78 is 19.1. The number of amidine groups is 1. The predicted octanol–water partition coefficient (Wildman–Crippen LogP) is 3.86. The molecule has 0 bridgehead atoms. The van der Waals surface area contributed by atoms with Gasteiger partial charge in [-0.05, 0) is 31.0 Å². The Hall–Kier alpha value is -1.49. The smallest absolute Gasteiger partial charge is 0.168 e. The molecular formula is C16H17FN2OS. The van der Waals surface area contributed by atoms with Crippen LogP contribution in [0.25, 0.3) is 5.70 Å². The van der Waals surface area contributed by atoms with Crippen molar-refractivity contribution in [3.63, 3.8) is 0 Å². The second-order valence-corrected chi connectivity index (χ2v) is 6.50. The highest BCUT2D eigenvalue weighted by Crippen LogP contribution is 2.45. The van der Waals surface area contributed by atoms with Crippen molar-refractivity contribution in [3.05, 3.63) is 35.0 Å². The maximum absolute atomic E-state index is 13.7. The Morgan fingerprint density at radius 2 is 2.19 bits per heavy atom. The molecule has 0 radical (unpaired) electrons. The Balaban J connectivity index is 1.74. The minimum absolute atomic E-state index is 0.235. The average Bonchev–Trinajstić information content (AvgIpc) is 3.06. The van der Waals surface area contributed by atoms with Crippen LogP contribution in [0.4, 0.5) is 4.39 Å². The van der Waals surface area contributed by atoms with Crippen LogP contribution in [0.1, 0.15) is 31.2 Å². The van der Waals surface area contributed by atoms with Crippen molar-refractivity contribution < 1.29 is 9.13 Å². The number of thioether (sulfide) groups is 1. The first kappa shape index (κ1) is 13.2. The molecule has 2 heterocycles. The molecule has 0 aromatic heterocycles. The predicted molar refractivity (Wildman–Crippen MR) is 83.8 cm³/mol. The number of ether oxygens (including phenoxy) is 1. The molecule has 0 saturated heterocycles. The fourth-order valence-electron chi connectivity index (χ4n) is 3.50. The van der Waals surface area contributed by atoms with Crippen LogP contribution in [0, 0.1) is 5.82 Å². The van der Waals surface area contributed by atoms with Gasteiger partial charge in [-0.2, -0.15) is 0 Å². The Labute approximate surface area is 127 Å².